The Labute approximate surface area is 176 Å². The SMILES string of the molecule is C1=CN2C(=NC(c3ccccn3)CC2c2ccccc2)C(OCc2ccccc2)=C1. The lowest BCUT2D eigenvalue weighted by Crippen LogP contribution is -2.38. The Kier molecular flexibility index (Phi) is 5.13. The third kappa shape index (κ3) is 3.77. The molecule has 3 heterocycles. The van der Waals surface area contributed by atoms with E-state index in [1.165, 1.54) is 5.56 Å². The Hall–Kier alpha value is -3.66. The second kappa shape index (κ2) is 8.37. The van der Waals surface area contributed by atoms with Crippen LogP contribution in [0, 0.1) is 0 Å². The molecule has 0 aliphatic carbocycles. The van der Waals surface area contributed by atoms with Crippen molar-refractivity contribution in [3.63, 3.8) is 0 Å². The molecule has 4 heteroatoms. The van der Waals surface area contributed by atoms with E-state index in [0.29, 0.717) is 6.61 Å². The summed E-state index contributed by atoms with van der Waals surface area (Å²) in [6.07, 6.45) is 8.84. The molecule has 0 spiro atoms. The first kappa shape index (κ1) is 18.4. The number of hydrogen-bond acceptors (Lipinski definition) is 4. The Balaban J connectivity index is 1.49. The van der Waals surface area contributed by atoms with Gasteiger partial charge in [-0.2, -0.15) is 0 Å². The van der Waals surface area contributed by atoms with E-state index >= 15 is 0 Å². The highest BCUT2D eigenvalue weighted by Crippen LogP contribution is 2.40. The van der Waals surface area contributed by atoms with Crippen molar-refractivity contribution < 1.29 is 4.74 Å². The van der Waals surface area contributed by atoms with Crippen molar-refractivity contribution >= 4 is 5.84 Å². The number of nitrogens with zero attached hydrogens (tertiary/aromatic N) is 3. The van der Waals surface area contributed by atoms with Gasteiger partial charge in [-0.15, -0.1) is 0 Å². The van der Waals surface area contributed by atoms with Gasteiger partial charge in [0.25, 0.3) is 0 Å². The minimum absolute atomic E-state index is 0.0159. The van der Waals surface area contributed by atoms with Gasteiger partial charge in [0, 0.05) is 18.8 Å². The number of pyridine rings is 1. The molecule has 5 rings (SSSR count). The van der Waals surface area contributed by atoms with Crippen LogP contribution in [0.25, 0.3) is 0 Å². The number of amidine groups is 1. The zero-order valence-electron chi connectivity index (χ0n) is 16.6. The van der Waals surface area contributed by atoms with E-state index in [4.69, 9.17) is 9.73 Å². The molecule has 2 aliphatic rings. The average Bonchev–Trinajstić information content (AvgIpc) is 2.84. The van der Waals surface area contributed by atoms with Gasteiger partial charge in [-0.05, 0) is 35.4 Å². The normalized spacial score (nSPS) is 20.2. The van der Waals surface area contributed by atoms with E-state index in [1.807, 2.05) is 48.7 Å². The number of aromatic nitrogens is 1. The maximum atomic E-state index is 6.22. The van der Waals surface area contributed by atoms with Crippen molar-refractivity contribution in [1.82, 2.24) is 9.88 Å². The molecule has 0 saturated heterocycles. The first-order chi connectivity index (χ1) is 14.9. The predicted octanol–water partition coefficient (Wildman–Crippen LogP) is 5.60. The van der Waals surface area contributed by atoms with Crippen LogP contribution in [-0.4, -0.2) is 15.7 Å². The maximum Gasteiger partial charge on any atom is 0.172 e. The molecule has 0 radical (unpaired) electrons. The molecule has 2 aromatic carbocycles. The number of benzene rings is 2. The summed E-state index contributed by atoms with van der Waals surface area (Å²) in [6, 6.07) is 27.0. The van der Waals surface area contributed by atoms with Gasteiger partial charge in [0.15, 0.2) is 11.6 Å². The van der Waals surface area contributed by atoms with Gasteiger partial charge in [-0.1, -0.05) is 66.7 Å². The monoisotopic (exact) mass is 393 g/mol. The van der Waals surface area contributed by atoms with Crippen molar-refractivity contribution in [3.8, 4) is 0 Å². The predicted molar refractivity (Wildman–Crippen MR) is 119 cm³/mol. The summed E-state index contributed by atoms with van der Waals surface area (Å²) in [6.45, 7) is 0.512. The molecule has 148 valence electrons. The number of allylic oxidation sites excluding steroid dienone is 2. The van der Waals surface area contributed by atoms with Gasteiger partial charge in [0.1, 0.15) is 6.61 Å². The van der Waals surface area contributed by atoms with Crippen LogP contribution in [0.1, 0.15) is 35.3 Å². The molecule has 2 atom stereocenters. The lowest BCUT2D eigenvalue weighted by Gasteiger charge is -2.39. The number of aliphatic imine (C=N–C) groups is 1. The molecule has 0 amide bonds. The molecular formula is C26H23N3O. The van der Waals surface area contributed by atoms with Crippen LogP contribution in [0.4, 0.5) is 0 Å². The molecule has 1 aromatic heterocycles. The van der Waals surface area contributed by atoms with Crippen molar-refractivity contribution in [3.05, 3.63) is 126 Å². The third-order valence-electron chi connectivity index (χ3n) is 5.47. The summed E-state index contributed by atoms with van der Waals surface area (Å²) < 4.78 is 6.22. The van der Waals surface area contributed by atoms with Gasteiger partial charge in [0.2, 0.25) is 0 Å². The fraction of sp³-hybridized carbons (Fsp3) is 0.154. The van der Waals surface area contributed by atoms with Crippen LogP contribution in [0.3, 0.4) is 0 Å². The smallest absolute Gasteiger partial charge is 0.172 e. The largest absolute Gasteiger partial charge is 0.485 e. The highest BCUT2D eigenvalue weighted by Gasteiger charge is 2.34. The van der Waals surface area contributed by atoms with Gasteiger partial charge in [-0.3, -0.25) is 9.98 Å². The first-order valence-electron chi connectivity index (χ1n) is 10.3. The Morgan fingerprint density at radius 3 is 2.43 bits per heavy atom. The minimum Gasteiger partial charge on any atom is -0.485 e. The number of hydrogen-bond donors (Lipinski definition) is 0. The van der Waals surface area contributed by atoms with Gasteiger partial charge in [0.05, 0.1) is 17.8 Å². The van der Waals surface area contributed by atoms with Crippen LogP contribution in [0.15, 0.2) is 114 Å². The summed E-state index contributed by atoms with van der Waals surface area (Å²) in [4.78, 5) is 11.9. The molecule has 2 unspecified atom stereocenters. The second-order valence-corrected chi connectivity index (χ2v) is 7.44. The number of rotatable bonds is 5. The van der Waals surface area contributed by atoms with Crippen molar-refractivity contribution in [2.24, 2.45) is 4.99 Å². The fourth-order valence-corrected chi connectivity index (χ4v) is 3.98. The molecule has 0 N–H and O–H groups in total. The van der Waals surface area contributed by atoms with Crippen LogP contribution < -0.4 is 0 Å². The maximum absolute atomic E-state index is 6.22. The highest BCUT2D eigenvalue weighted by molar-refractivity contribution is 5.99. The zero-order valence-corrected chi connectivity index (χ0v) is 16.6. The van der Waals surface area contributed by atoms with Gasteiger partial charge < -0.3 is 9.64 Å². The summed E-state index contributed by atoms with van der Waals surface area (Å²) in [5.41, 5.74) is 3.39. The lowest BCUT2D eigenvalue weighted by molar-refractivity contribution is 0.203. The Morgan fingerprint density at radius 1 is 0.900 bits per heavy atom. The molecule has 3 aromatic rings. The Morgan fingerprint density at radius 2 is 1.67 bits per heavy atom. The van der Waals surface area contributed by atoms with E-state index in [1.54, 1.807) is 0 Å². The van der Waals surface area contributed by atoms with Crippen LogP contribution >= 0.6 is 0 Å². The molecular weight excluding hydrogens is 370 g/mol. The third-order valence-corrected chi connectivity index (χ3v) is 5.47. The zero-order chi connectivity index (χ0) is 20.2. The molecule has 4 nitrogen and oxygen atoms in total. The second-order valence-electron chi connectivity index (χ2n) is 7.44. The first-order valence-corrected chi connectivity index (χ1v) is 10.3. The summed E-state index contributed by atoms with van der Waals surface area (Å²) >= 11 is 0. The van der Waals surface area contributed by atoms with Gasteiger partial charge in [-0.25, -0.2) is 0 Å². The Bertz CT molecular complexity index is 1080. The topological polar surface area (TPSA) is 37.7 Å². The molecule has 0 bridgehead atoms. The van der Waals surface area contributed by atoms with E-state index in [9.17, 15) is 0 Å². The van der Waals surface area contributed by atoms with E-state index in [2.05, 4.69) is 64.6 Å². The quantitative estimate of drug-likeness (QED) is 0.567. The lowest BCUT2D eigenvalue weighted by atomic mass is 9.93. The molecule has 30 heavy (non-hydrogen) atoms. The standard InChI is InChI=1S/C26H23N3O/c1-3-10-20(11-4-1)19-30-25-15-9-17-29-24(21-12-5-2-6-13-21)18-23(28-26(25)29)22-14-7-8-16-27-22/h1-17,23-24H,18-19H2. The minimum atomic E-state index is -0.0159. The summed E-state index contributed by atoms with van der Waals surface area (Å²) in [5, 5.41) is 0. The number of fused-ring (bicyclic) bond motifs is 1. The fourth-order valence-electron chi connectivity index (χ4n) is 3.98. The summed E-state index contributed by atoms with van der Waals surface area (Å²) in [5.74, 6) is 1.66. The van der Waals surface area contributed by atoms with E-state index in [0.717, 1.165) is 29.3 Å². The van der Waals surface area contributed by atoms with Crippen LogP contribution in [0.5, 0.6) is 0 Å². The van der Waals surface area contributed by atoms with Crippen molar-refractivity contribution in [2.75, 3.05) is 0 Å². The highest BCUT2D eigenvalue weighted by atomic mass is 16.5. The summed E-state index contributed by atoms with van der Waals surface area (Å²) in [7, 11) is 0. The van der Waals surface area contributed by atoms with Crippen molar-refractivity contribution in [2.45, 2.75) is 25.1 Å². The molecule has 0 fully saturated rings. The molecule has 0 saturated carbocycles. The van der Waals surface area contributed by atoms with E-state index < -0.39 is 0 Å². The van der Waals surface area contributed by atoms with Crippen LogP contribution in [0.2, 0.25) is 0 Å². The van der Waals surface area contributed by atoms with E-state index in [-0.39, 0.29) is 12.1 Å². The number of ether oxygens (including phenoxy) is 1. The van der Waals surface area contributed by atoms with Gasteiger partial charge >= 0.3 is 0 Å². The van der Waals surface area contributed by atoms with Crippen LogP contribution in [-0.2, 0) is 11.3 Å². The average molecular weight is 393 g/mol. The molecule has 2 aliphatic heterocycles. The van der Waals surface area contributed by atoms with Crippen molar-refractivity contribution in [1.29, 1.82) is 0 Å².